The molecule has 1 unspecified atom stereocenters. The molecule has 4 heteroatoms. The van der Waals surface area contributed by atoms with Crippen LogP contribution in [-0.2, 0) is 4.79 Å². The molecule has 0 spiro atoms. The molecule has 0 radical (unpaired) electrons. The summed E-state index contributed by atoms with van der Waals surface area (Å²) in [6.45, 7) is 6.17. The molecule has 1 N–H and O–H groups in total. The third-order valence-electron chi connectivity index (χ3n) is 4.20. The fourth-order valence-corrected chi connectivity index (χ4v) is 3.01. The third kappa shape index (κ3) is 4.96. The summed E-state index contributed by atoms with van der Waals surface area (Å²) in [5.41, 5.74) is 0. The zero-order chi connectivity index (χ0) is 13.5. The Kier molecular flexibility index (Phi) is 5.86. The first kappa shape index (κ1) is 14.5. The molecule has 0 saturated carbocycles. The van der Waals surface area contributed by atoms with Gasteiger partial charge in [0.1, 0.15) is 0 Å². The van der Waals surface area contributed by atoms with Crippen LogP contribution >= 0.6 is 0 Å². The van der Waals surface area contributed by atoms with E-state index in [2.05, 4.69) is 22.0 Å². The smallest absolute Gasteiger partial charge is 0.307 e. The van der Waals surface area contributed by atoms with Crippen molar-refractivity contribution in [1.29, 1.82) is 0 Å². The van der Waals surface area contributed by atoms with Gasteiger partial charge in [-0.15, -0.1) is 0 Å². The van der Waals surface area contributed by atoms with Crippen LogP contribution in [-0.4, -0.2) is 60.1 Å². The van der Waals surface area contributed by atoms with E-state index in [1.807, 2.05) is 0 Å². The van der Waals surface area contributed by atoms with Gasteiger partial charge in [-0.3, -0.25) is 14.6 Å². The normalized spacial score (nSPS) is 26.8. The number of rotatable bonds is 5. The van der Waals surface area contributed by atoms with E-state index in [0.29, 0.717) is 6.54 Å². The van der Waals surface area contributed by atoms with E-state index in [1.54, 1.807) is 0 Å². The molecule has 0 aromatic carbocycles. The minimum absolute atomic E-state index is 0.163. The molecular formula is C15H26N2O2. The Morgan fingerprint density at radius 3 is 2.32 bits per heavy atom. The van der Waals surface area contributed by atoms with E-state index >= 15 is 0 Å². The molecule has 1 atom stereocenters. The summed E-state index contributed by atoms with van der Waals surface area (Å²) >= 11 is 0. The first-order valence-electron chi connectivity index (χ1n) is 7.58. The highest BCUT2D eigenvalue weighted by molar-refractivity contribution is 5.70. The van der Waals surface area contributed by atoms with Crippen LogP contribution in [0.15, 0.2) is 12.2 Å². The average Bonchev–Trinajstić information content (AvgIpc) is 2.45. The number of carbonyl (C=O) groups is 1. The molecule has 108 valence electrons. The Hall–Kier alpha value is -0.870. The number of carboxylic acids is 1. The van der Waals surface area contributed by atoms with Crippen LogP contribution in [0.2, 0.25) is 0 Å². The summed E-state index contributed by atoms with van der Waals surface area (Å²) in [6, 6.07) is 0. The first-order chi connectivity index (χ1) is 9.25. The third-order valence-corrected chi connectivity index (χ3v) is 4.20. The second-order valence-electron chi connectivity index (χ2n) is 5.77. The van der Waals surface area contributed by atoms with Crippen LogP contribution in [0.4, 0.5) is 0 Å². The van der Waals surface area contributed by atoms with Gasteiger partial charge in [0.2, 0.25) is 0 Å². The average molecular weight is 266 g/mol. The molecule has 2 saturated heterocycles. The van der Waals surface area contributed by atoms with Gasteiger partial charge in [-0.1, -0.05) is 18.6 Å². The zero-order valence-corrected chi connectivity index (χ0v) is 11.8. The predicted octanol–water partition coefficient (Wildman–Crippen LogP) is 1.83. The van der Waals surface area contributed by atoms with Gasteiger partial charge in [-0.05, 0) is 45.3 Å². The first-order valence-corrected chi connectivity index (χ1v) is 7.58. The predicted molar refractivity (Wildman–Crippen MR) is 76.2 cm³/mol. The van der Waals surface area contributed by atoms with E-state index in [9.17, 15) is 4.79 Å². The van der Waals surface area contributed by atoms with Gasteiger partial charge in [-0.2, -0.15) is 0 Å². The van der Waals surface area contributed by atoms with Crippen molar-refractivity contribution in [3.63, 3.8) is 0 Å². The summed E-state index contributed by atoms with van der Waals surface area (Å²) in [5.74, 6) is -0.800. The van der Waals surface area contributed by atoms with Gasteiger partial charge in [0.15, 0.2) is 0 Å². The molecular weight excluding hydrogens is 240 g/mol. The minimum atomic E-state index is -0.637. The van der Waals surface area contributed by atoms with E-state index < -0.39 is 5.97 Å². The molecule has 2 fully saturated rings. The molecule has 0 bridgehead atoms. The topological polar surface area (TPSA) is 43.8 Å². The number of hydrogen-bond donors (Lipinski definition) is 1. The van der Waals surface area contributed by atoms with Crippen molar-refractivity contribution < 1.29 is 9.90 Å². The van der Waals surface area contributed by atoms with Gasteiger partial charge >= 0.3 is 5.97 Å². The van der Waals surface area contributed by atoms with Gasteiger partial charge in [-0.25, -0.2) is 0 Å². The molecule has 0 aromatic heterocycles. The lowest BCUT2D eigenvalue weighted by molar-refractivity contribution is -0.143. The molecule has 2 aliphatic rings. The van der Waals surface area contributed by atoms with E-state index in [-0.39, 0.29) is 5.92 Å². The van der Waals surface area contributed by atoms with Gasteiger partial charge in [0, 0.05) is 19.6 Å². The van der Waals surface area contributed by atoms with Crippen molar-refractivity contribution in [2.45, 2.75) is 32.1 Å². The summed E-state index contributed by atoms with van der Waals surface area (Å²) in [5, 5.41) is 9.05. The molecule has 2 rings (SSSR count). The fraction of sp³-hybridized carbons (Fsp3) is 0.800. The van der Waals surface area contributed by atoms with Crippen LogP contribution in [0.5, 0.6) is 0 Å². The fourth-order valence-electron chi connectivity index (χ4n) is 3.01. The maximum atomic E-state index is 11.0. The summed E-state index contributed by atoms with van der Waals surface area (Å²) in [6.07, 6.45) is 10.3. The van der Waals surface area contributed by atoms with Gasteiger partial charge < -0.3 is 5.11 Å². The molecule has 2 heterocycles. The second kappa shape index (κ2) is 7.65. The number of piperidine rings is 2. The Morgan fingerprint density at radius 1 is 1.00 bits per heavy atom. The van der Waals surface area contributed by atoms with Crippen LogP contribution in [0.25, 0.3) is 0 Å². The van der Waals surface area contributed by atoms with Crippen molar-refractivity contribution in [1.82, 2.24) is 9.80 Å². The van der Waals surface area contributed by atoms with E-state index in [4.69, 9.17) is 5.11 Å². The molecule has 19 heavy (non-hydrogen) atoms. The quantitative estimate of drug-likeness (QED) is 0.771. The van der Waals surface area contributed by atoms with Crippen LogP contribution in [0.1, 0.15) is 32.1 Å². The van der Waals surface area contributed by atoms with E-state index in [1.165, 1.54) is 32.4 Å². The summed E-state index contributed by atoms with van der Waals surface area (Å²) < 4.78 is 0. The van der Waals surface area contributed by atoms with Crippen LogP contribution in [0, 0.1) is 5.92 Å². The SMILES string of the molecule is O=C(O)C1CCCN(CC=CCN2CCCCC2)C1. The standard InChI is InChI=1S/C15H26N2O2/c18-15(19)14-7-6-12-17(13-14)11-5-4-10-16-8-2-1-3-9-16/h4-5,14H,1-3,6-13H2,(H,18,19). The maximum Gasteiger partial charge on any atom is 0.307 e. The Bertz CT molecular complexity index is 311. The molecule has 0 aromatic rings. The van der Waals surface area contributed by atoms with Gasteiger partial charge in [0.25, 0.3) is 0 Å². The lowest BCUT2D eigenvalue weighted by Crippen LogP contribution is -2.38. The van der Waals surface area contributed by atoms with E-state index in [0.717, 1.165) is 32.5 Å². The summed E-state index contributed by atoms with van der Waals surface area (Å²) in [7, 11) is 0. The van der Waals surface area contributed by atoms with Crippen molar-refractivity contribution in [2.24, 2.45) is 5.92 Å². The van der Waals surface area contributed by atoms with Gasteiger partial charge in [0.05, 0.1) is 5.92 Å². The zero-order valence-electron chi connectivity index (χ0n) is 11.8. The molecule has 0 aliphatic carbocycles. The van der Waals surface area contributed by atoms with Crippen molar-refractivity contribution in [2.75, 3.05) is 39.3 Å². The summed E-state index contributed by atoms with van der Waals surface area (Å²) in [4.78, 5) is 15.7. The number of nitrogens with zero attached hydrogens (tertiary/aromatic N) is 2. The number of carboxylic acid groups (broad SMARTS) is 1. The molecule has 4 nitrogen and oxygen atoms in total. The Labute approximate surface area is 116 Å². The molecule has 0 amide bonds. The van der Waals surface area contributed by atoms with Crippen LogP contribution in [0.3, 0.4) is 0 Å². The highest BCUT2D eigenvalue weighted by Crippen LogP contribution is 2.16. The van der Waals surface area contributed by atoms with Crippen molar-refractivity contribution >= 4 is 5.97 Å². The second-order valence-corrected chi connectivity index (χ2v) is 5.77. The number of hydrogen-bond acceptors (Lipinski definition) is 3. The van der Waals surface area contributed by atoms with Crippen molar-refractivity contribution in [3.05, 3.63) is 12.2 Å². The minimum Gasteiger partial charge on any atom is -0.481 e. The largest absolute Gasteiger partial charge is 0.481 e. The molecule has 2 aliphatic heterocycles. The lowest BCUT2D eigenvalue weighted by Gasteiger charge is -2.29. The highest BCUT2D eigenvalue weighted by atomic mass is 16.4. The maximum absolute atomic E-state index is 11.0. The number of aliphatic carboxylic acids is 1. The monoisotopic (exact) mass is 266 g/mol. The van der Waals surface area contributed by atoms with Crippen LogP contribution < -0.4 is 0 Å². The number of likely N-dealkylation sites (tertiary alicyclic amines) is 2. The Balaban J connectivity index is 1.65. The highest BCUT2D eigenvalue weighted by Gasteiger charge is 2.24. The Morgan fingerprint density at radius 2 is 1.63 bits per heavy atom. The lowest BCUT2D eigenvalue weighted by atomic mass is 9.98. The van der Waals surface area contributed by atoms with Crippen molar-refractivity contribution in [3.8, 4) is 0 Å².